The summed E-state index contributed by atoms with van der Waals surface area (Å²) in [6.45, 7) is 3.12. The Morgan fingerprint density at radius 1 is 1.46 bits per heavy atom. The van der Waals surface area contributed by atoms with E-state index in [0.29, 0.717) is 0 Å². The van der Waals surface area contributed by atoms with E-state index in [2.05, 4.69) is 11.9 Å². The summed E-state index contributed by atoms with van der Waals surface area (Å²) in [5.74, 6) is 2.34. The summed E-state index contributed by atoms with van der Waals surface area (Å²) in [5, 5.41) is 0. The maximum absolute atomic E-state index is 5.57. The molecule has 2 atom stereocenters. The first-order valence-electron chi connectivity index (χ1n) is 4.90. The van der Waals surface area contributed by atoms with Crippen molar-refractivity contribution in [3.05, 3.63) is 24.4 Å². The molecule has 1 saturated carbocycles. The molecule has 2 nitrogen and oxygen atoms in total. The topological polar surface area (TPSA) is 22.1 Å². The minimum absolute atomic E-state index is 0.751. The van der Waals surface area contributed by atoms with Crippen molar-refractivity contribution < 1.29 is 4.74 Å². The maximum Gasteiger partial charge on any atom is 0.213 e. The molecule has 0 saturated heterocycles. The molecule has 2 heteroatoms. The quantitative estimate of drug-likeness (QED) is 0.707. The Hall–Kier alpha value is -1.05. The number of aromatic nitrogens is 1. The number of pyridine rings is 1. The van der Waals surface area contributed by atoms with Gasteiger partial charge in [-0.2, -0.15) is 0 Å². The summed E-state index contributed by atoms with van der Waals surface area (Å²) in [6.07, 6.45) is 4.43. The molecule has 70 valence electrons. The van der Waals surface area contributed by atoms with Gasteiger partial charge in [-0.3, -0.25) is 0 Å². The summed E-state index contributed by atoms with van der Waals surface area (Å²) >= 11 is 0. The van der Waals surface area contributed by atoms with E-state index >= 15 is 0 Å². The lowest BCUT2D eigenvalue weighted by Crippen LogP contribution is -2.28. The highest BCUT2D eigenvalue weighted by Gasteiger charge is 2.27. The highest BCUT2D eigenvalue weighted by Crippen LogP contribution is 2.33. The molecule has 13 heavy (non-hydrogen) atoms. The first-order valence-corrected chi connectivity index (χ1v) is 4.90. The van der Waals surface area contributed by atoms with Crippen LogP contribution in [0.2, 0.25) is 0 Å². The van der Waals surface area contributed by atoms with E-state index in [9.17, 15) is 0 Å². The van der Waals surface area contributed by atoms with Crippen molar-refractivity contribution in [1.29, 1.82) is 0 Å². The zero-order chi connectivity index (χ0) is 9.10. The SMILES string of the molecule is C[C@H]1CC[C@H]1COc1ccccn1. The molecule has 0 amide bonds. The van der Waals surface area contributed by atoms with Crippen LogP contribution >= 0.6 is 0 Å². The molecule has 0 N–H and O–H groups in total. The molecule has 0 aromatic carbocycles. The molecule has 1 aliphatic carbocycles. The molecule has 1 aromatic heterocycles. The fraction of sp³-hybridized carbons (Fsp3) is 0.545. The van der Waals surface area contributed by atoms with Crippen molar-refractivity contribution in [3.8, 4) is 5.88 Å². The number of ether oxygens (including phenoxy) is 1. The fourth-order valence-corrected chi connectivity index (χ4v) is 1.61. The molecule has 0 radical (unpaired) electrons. The smallest absolute Gasteiger partial charge is 0.213 e. The van der Waals surface area contributed by atoms with Crippen LogP contribution in [0.25, 0.3) is 0 Å². The lowest BCUT2D eigenvalue weighted by molar-refractivity contribution is 0.113. The molecule has 0 aliphatic heterocycles. The van der Waals surface area contributed by atoms with Crippen LogP contribution in [0, 0.1) is 11.8 Å². The van der Waals surface area contributed by atoms with Crippen molar-refractivity contribution >= 4 is 0 Å². The van der Waals surface area contributed by atoms with E-state index in [1.807, 2.05) is 18.2 Å². The van der Waals surface area contributed by atoms with Gasteiger partial charge in [-0.25, -0.2) is 4.98 Å². The van der Waals surface area contributed by atoms with Gasteiger partial charge in [0.15, 0.2) is 0 Å². The standard InChI is InChI=1S/C11H15NO/c1-9-5-6-10(9)8-13-11-4-2-3-7-12-11/h2-4,7,9-10H,5-6,8H2,1H3/t9-,10-/m0/s1. The Kier molecular flexibility index (Phi) is 2.48. The van der Waals surface area contributed by atoms with Crippen molar-refractivity contribution in [2.24, 2.45) is 11.8 Å². The summed E-state index contributed by atoms with van der Waals surface area (Å²) in [5.41, 5.74) is 0. The molecule has 0 spiro atoms. The molecular formula is C11H15NO. The van der Waals surface area contributed by atoms with Crippen molar-refractivity contribution in [1.82, 2.24) is 4.98 Å². The highest BCUT2D eigenvalue weighted by atomic mass is 16.5. The predicted octanol–water partition coefficient (Wildman–Crippen LogP) is 2.51. The first-order chi connectivity index (χ1) is 6.36. The average molecular weight is 177 g/mol. The van der Waals surface area contributed by atoms with E-state index in [0.717, 1.165) is 24.3 Å². The van der Waals surface area contributed by atoms with E-state index in [1.54, 1.807) is 6.20 Å². The molecule has 2 rings (SSSR count). The predicted molar refractivity (Wildman–Crippen MR) is 51.6 cm³/mol. The lowest BCUT2D eigenvalue weighted by Gasteiger charge is -2.33. The van der Waals surface area contributed by atoms with Gasteiger partial charge in [-0.1, -0.05) is 13.0 Å². The third-order valence-corrected chi connectivity index (χ3v) is 2.88. The van der Waals surface area contributed by atoms with E-state index in [-0.39, 0.29) is 0 Å². The highest BCUT2D eigenvalue weighted by molar-refractivity contribution is 5.09. The lowest BCUT2D eigenvalue weighted by atomic mass is 9.75. The normalized spacial score (nSPS) is 26.5. The molecule has 1 aliphatic rings. The number of hydrogen-bond acceptors (Lipinski definition) is 2. The Balaban J connectivity index is 1.80. The zero-order valence-corrected chi connectivity index (χ0v) is 7.94. The van der Waals surface area contributed by atoms with Crippen LogP contribution in [0.5, 0.6) is 5.88 Å². The third-order valence-electron chi connectivity index (χ3n) is 2.88. The minimum Gasteiger partial charge on any atom is -0.477 e. The van der Waals surface area contributed by atoms with Crippen LogP contribution in [0.15, 0.2) is 24.4 Å². The Labute approximate surface area is 78.9 Å². The van der Waals surface area contributed by atoms with Crippen LogP contribution in [0.1, 0.15) is 19.8 Å². The largest absolute Gasteiger partial charge is 0.477 e. The molecule has 1 aromatic rings. The van der Waals surface area contributed by atoms with Crippen molar-refractivity contribution in [3.63, 3.8) is 0 Å². The van der Waals surface area contributed by atoms with E-state index < -0.39 is 0 Å². The zero-order valence-electron chi connectivity index (χ0n) is 7.94. The van der Waals surface area contributed by atoms with Crippen molar-refractivity contribution in [2.75, 3.05) is 6.61 Å². The second-order valence-corrected chi connectivity index (χ2v) is 3.79. The molecule has 0 bridgehead atoms. The summed E-state index contributed by atoms with van der Waals surface area (Å²) in [6, 6.07) is 5.76. The monoisotopic (exact) mass is 177 g/mol. The van der Waals surface area contributed by atoms with Gasteiger partial charge in [-0.05, 0) is 30.7 Å². The molecule has 0 unspecified atom stereocenters. The first kappa shape index (κ1) is 8.54. The van der Waals surface area contributed by atoms with Gasteiger partial charge in [0, 0.05) is 12.3 Å². The Morgan fingerprint density at radius 2 is 2.38 bits per heavy atom. The maximum atomic E-state index is 5.57. The van der Waals surface area contributed by atoms with E-state index in [4.69, 9.17) is 4.74 Å². The van der Waals surface area contributed by atoms with Crippen LogP contribution in [0.4, 0.5) is 0 Å². The summed E-state index contributed by atoms with van der Waals surface area (Å²) in [7, 11) is 0. The summed E-state index contributed by atoms with van der Waals surface area (Å²) in [4.78, 5) is 4.11. The number of nitrogens with zero attached hydrogens (tertiary/aromatic N) is 1. The molecular weight excluding hydrogens is 162 g/mol. The van der Waals surface area contributed by atoms with Gasteiger partial charge >= 0.3 is 0 Å². The average Bonchev–Trinajstić information content (AvgIpc) is 2.17. The van der Waals surface area contributed by atoms with Crippen LogP contribution in [0.3, 0.4) is 0 Å². The Morgan fingerprint density at radius 3 is 2.92 bits per heavy atom. The Bertz CT molecular complexity index is 260. The van der Waals surface area contributed by atoms with Crippen LogP contribution in [-0.4, -0.2) is 11.6 Å². The van der Waals surface area contributed by atoms with Gasteiger partial charge in [0.2, 0.25) is 5.88 Å². The third kappa shape index (κ3) is 2.00. The van der Waals surface area contributed by atoms with Gasteiger partial charge in [0.25, 0.3) is 0 Å². The minimum atomic E-state index is 0.751. The number of hydrogen-bond donors (Lipinski definition) is 0. The number of rotatable bonds is 3. The van der Waals surface area contributed by atoms with Gasteiger partial charge < -0.3 is 4.74 Å². The van der Waals surface area contributed by atoms with Gasteiger partial charge in [0.1, 0.15) is 0 Å². The second-order valence-electron chi connectivity index (χ2n) is 3.79. The van der Waals surface area contributed by atoms with Gasteiger partial charge in [-0.15, -0.1) is 0 Å². The summed E-state index contributed by atoms with van der Waals surface area (Å²) < 4.78 is 5.57. The molecule has 1 fully saturated rings. The van der Waals surface area contributed by atoms with Crippen molar-refractivity contribution in [2.45, 2.75) is 19.8 Å². The second kappa shape index (κ2) is 3.77. The van der Waals surface area contributed by atoms with Gasteiger partial charge in [0.05, 0.1) is 6.61 Å². The van der Waals surface area contributed by atoms with Crippen LogP contribution in [-0.2, 0) is 0 Å². The fourth-order valence-electron chi connectivity index (χ4n) is 1.61. The van der Waals surface area contributed by atoms with E-state index in [1.165, 1.54) is 12.8 Å². The van der Waals surface area contributed by atoms with Crippen LogP contribution < -0.4 is 4.74 Å². The molecule has 1 heterocycles.